The van der Waals surface area contributed by atoms with Gasteiger partial charge in [0, 0.05) is 24.7 Å². The van der Waals surface area contributed by atoms with Gasteiger partial charge in [0.25, 0.3) is 5.69 Å². The molecule has 25 heavy (non-hydrogen) atoms. The van der Waals surface area contributed by atoms with E-state index in [-0.39, 0.29) is 22.9 Å². The van der Waals surface area contributed by atoms with E-state index < -0.39 is 10.9 Å². The van der Waals surface area contributed by atoms with Crippen LogP contribution >= 0.6 is 0 Å². The zero-order valence-corrected chi connectivity index (χ0v) is 14.9. The van der Waals surface area contributed by atoms with E-state index >= 15 is 0 Å². The van der Waals surface area contributed by atoms with Crippen molar-refractivity contribution in [2.24, 2.45) is 0 Å². The van der Waals surface area contributed by atoms with Crippen LogP contribution in [-0.4, -0.2) is 45.2 Å². The number of carbonyl (C=O) groups is 2. The van der Waals surface area contributed by atoms with Crippen LogP contribution in [0.1, 0.15) is 50.9 Å². The van der Waals surface area contributed by atoms with Gasteiger partial charge in [0.15, 0.2) is 0 Å². The molecule has 0 aromatic heterocycles. The third kappa shape index (κ3) is 6.78. The van der Waals surface area contributed by atoms with Crippen LogP contribution in [0.5, 0.6) is 0 Å². The van der Waals surface area contributed by atoms with E-state index in [1.54, 1.807) is 0 Å². The van der Waals surface area contributed by atoms with Crippen molar-refractivity contribution in [1.82, 2.24) is 4.90 Å². The predicted molar refractivity (Wildman–Crippen MR) is 91.7 cm³/mol. The Morgan fingerprint density at radius 2 is 1.84 bits per heavy atom. The maximum atomic E-state index is 11.6. The van der Waals surface area contributed by atoms with E-state index in [0.29, 0.717) is 6.04 Å². The van der Waals surface area contributed by atoms with E-state index in [4.69, 9.17) is 9.84 Å². The summed E-state index contributed by atoms with van der Waals surface area (Å²) in [6.45, 7) is 8.59. The Labute approximate surface area is 146 Å². The Morgan fingerprint density at radius 3 is 2.20 bits per heavy atom. The lowest BCUT2D eigenvalue weighted by atomic mass is 10.2. The minimum absolute atomic E-state index is 0.0422. The lowest BCUT2D eigenvalue weighted by Gasteiger charge is -2.26. The standard InChI is InChI=1S/C10H19NO2.C7H5NO4/c1-8-6-5-7-11(8)9(12)13-10(2,3)4;9-7(10)5-1-3-6(4-2-5)8(11)12/h8H,5-7H2,1-4H3;1-4H,(H,9,10). The van der Waals surface area contributed by atoms with E-state index in [1.807, 2.05) is 25.7 Å². The fraction of sp³-hybridized carbons (Fsp3) is 0.529. The number of carbonyl (C=O) groups excluding carboxylic acids is 1. The molecule has 2 rings (SSSR count). The molecule has 0 spiro atoms. The van der Waals surface area contributed by atoms with Crippen molar-refractivity contribution >= 4 is 17.7 Å². The summed E-state index contributed by atoms with van der Waals surface area (Å²) in [5.41, 5.74) is -0.444. The highest BCUT2D eigenvalue weighted by Gasteiger charge is 2.29. The number of nitro groups is 1. The first-order valence-electron chi connectivity index (χ1n) is 7.98. The number of non-ortho nitro benzene ring substituents is 1. The SMILES string of the molecule is CC1CCCN1C(=O)OC(C)(C)C.O=C(O)c1ccc([N+](=O)[O-])cc1. The molecule has 1 aliphatic heterocycles. The fourth-order valence-corrected chi connectivity index (χ4v) is 2.25. The molecule has 1 aromatic rings. The van der Waals surface area contributed by atoms with Crippen LogP contribution in [-0.2, 0) is 4.74 Å². The first-order valence-corrected chi connectivity index (χ1v) is 7.98. The molecule has 0 bridgehead atoms. The van der Waals surface area contributed by atoms with Crippen LogP contribution in [0.2, 0.25) is 0 Å². The van der Waals surface area contributed by atoms with Gasteiger partial charge in [-0.1, -0.05) is 0 Å². The van der Waals surface area contributed by atoms with Gasteiger partial charge in [-0.25, -0.2) is 9.59 Å². The van der Waals surface area contributed by atoms with Crippen molar-refractivity contribution in [3.8, 4) is 0 Å². The Hall–Kier alpha value is -2.64. The summed E-state index contributed by atoms with van der Waals surface area (Å²) in [7, 11) is 0. The van der Waals surface area contributed by atoms with Gasteiger partial charge in [0.1, 0.15) is 5.60 Å². The van der Waals surface area contributed by atoms with Gasteiger partial charge in [-0.15, -0.1) is 0 Å². The maximum absolute atomic E-state index is 11.6. The number of hydrogen-bond donors (Lipinski definition) is 1. The van der Waals surface area contributed by atoms with E-state index in [9.17, 15) is 19.7 Å². The Morgan fingerprint density at radius 1 is 1.28 bits per heavy atom. The van der Waals surface area contributed by atoms with Crippen molar-refractivity contribution in [2.45, 2.75) is 52.2 Å². The second kappa shape index (κ2) is 8.46. The van der Waals surface area contributed by atoms with Gasteiger partial charge in [-0.3, -0.25) is 10.1 Å². The summed E-state index contributed by atoms with van der Waals surface area (Å²) in [6.07, 6.45) is 2.03. The molecule has 0 aliphatic carbocycles. The van der Waals surface area contributed by atoms with Gasteiger partial charge in [-0.2, -0.15) is 0 Å². The lowest BCUT2D eigenvalue weighted by molar-refractivity contribution is -0.384. The Bertz CT molecular complexity index is 588. The Kier molecular flexibility index (Phi) is 6.90. The molecule has 1 amide bonds. The maximum Gasteiger partial charge on any atom is 0.410 e. The summed E-state index contributed by atoms with van der Waals surface area (Å²) in [5, 5.41) is 18.6. The highest BCUT2D eigenvalue weighted by Crippen LogP contribution is 2.19. The predicted octanol–water partition coefficient (Wildman–Crippen LogP) is 3.70. The third-order valence-electron chi connectivity index (χ3n) is 3.51. The molecule has 1 unspecified atom stereocenters. The third-order valence-corrected chi connectivity index (χ3v) is 3.51. The van der Waals surface area contributed by atoms with Crippen molar-refractivity contribution in [3.05, 3.63) is 39.9 Å². The topological polar surface area (TPSA) is 110 Å². The minimum Gasteiger partial charge on any atom is -0.478 e. The summed E-state index contributed by atoms with van der Waals surface area (Å²) < 4.78 is 5.28. The number of amides is 1. The zero-order chi connectivity index (χ0) is 19.2. The van der Waals surface area contributed by atoms with Gasteiger partial charge >= 0.3 is 12.1 Å². The van der Waals surface area contributed by atoms with Gasteiger partial charge in [0.05, 0.1) is 10.5 Å². The number of nitrogens with zero attached hydrogens (tertiary/aromatic N) is 2. The van der Waals surface area contributed by atoms with Gasteiger partial charge in [-0.05, 0) is 52.7 Å². The molecule has 0 radical (unpaired) electrons. The number of likely N-dealkylation sites (tertiary alicyclic amines) is 1. The highest BCUT2D eigenvalue weighted by molar-refractivity contribution is 5.87. The average molecular weight is 352 g/mol. The number of aromatic carboxylic acids is 1. The average Bonchev–Trinajstić information content (AvgIpc) is 2.92. The van der Waals surface area contributed by atoms with Crippen molar-refractivity contribution in [3.63, 3.8) is 0 Å². The van der Waals surface area contributed by atoms with Crippen molar-refractivity contribution in [1.29, 1.82) is 0 Å². The van der Waals surface area contributed by atoms with E-state index in [0.717, 1.165) is 31.5 Å². The van der Waals surface area contributed by atoms with Crippen molar-refractivity contribution in [2.75, 3.05) is 6.54 Å². The number of carboxylic acids is 1. The minimum atomic E-state index is -1.09. The molecule has 138 valence electrons. The first kappa shape index (κ1) is 20.4. The van der Waals surface area contributed by atoms with Crippen LogP contribution in [0.15, 0.2) is 24.3 Å². The summed E-state index contributed by atoms with van der Waals surface area (Å²) >= 11 is 0. The molecule has 8 heteroatoms. The second-order valence-electron chi connectivity index (χ2n) is 6.77. The van der Waals surface area contributed by atoms with Crippen LogP contribution in [0.3, 0.4) is 0 Å². The molecule has 8 nitrogen and oxygen atoms in total. The van der Waals surface area contributed by atoms with Crippen molar-refractivity contribution < 1.29 is 24.4 Å². The Balaban J connectivity index is 0.000000251. The summed E-state index contributed by atoms with van der Waals surface area (Å²) in [5.74, 6) is -1.09. The zero-order valence-electron chi connectivity index (χ0n) is 14.9. The fourth-order valence-electron chi connectivity index (χ4n) is 2.25. The second-order valence-corrected chi connectivity index (χ2v) is 6.77. The van der Waals surface area contributed by atoms with Crippen LogP contribution < -0.4 is 0 Å². The monoisotopic (exact) mass is 352 g/mol. The normalized spacial score (nSPS) is 16.6. The number of rotatable bonds is 2. The number of carboxylic acid groups (broad SMARTS) is 1. The quantitative estimate of drug-likeness (QED) is 0.642. The first-order chi connectivity index (χ1) is 11.5. The molecule has 1 N–H and O–H groups in total. The van der Waals surface area contributed by atoms with E-state index in [2.05, 4.69) is 6.92 Å². The van der Waals surface area contributed by atoms with Gasteiger partial charge in [0.2, 0.25) is 0 Å². The van der Waals surface area contributed by atoms with Gasteiger partial charge < -0.3 is 14.7 Å². The van der Waals surface area contributed by atoms with Crippen LogP contribution in [0.25, 0.3) is 0 Å². The molecule has 1 saturated heterocycles. The lowest BCUT2D eigenvalue weighted by Crippen LogP contribution is -2.38. The van der Waals surface area contributed by atoms with E-state index in [1.165, 1.54) is 12.1 Å². The highest BCUT2D eigenvalue weighted by atomic mass is 16.6. The smallest absolute Gasteiger partial charge is 0.410 e. The summed E-state index contributed by atoms with van der Waals surface area (Å²) in [4.78, 5) is 33.3. The molecule has 1 fully saturated rings. The summed E-state index contributed by atoms with van der Waals surface area (Å²) in [6, 6.07) is 5.04. The molecule has 1 atom stereocenters. The van der Waals surface area contributed by atoms with Crippen LogP contribution in [0, 0.1) is 10.1 Å². The molecule has 1 aliphatic rings. The molecular formula is C17H24N2O6. The number of ether oxygens (including phenoxy) is 1. The molecule has 1 aromatic carbocycles. The molecular weight excluding hydrogens is 328 g/mol. The molecule has 0 saturated carbocycles. The number of nitro benzene ring substituents is 1. The number of benzene rings is 1. The number of hydrogen-bond acceptors (Lipinski definition) is 5. The van der Waals surface area contributed by atoms with Crippen LogP contribution in [0.4, 0.5) is 10.5 Å². The molecule has 1 heterocycles. The largest absolute Gasteiger partial charge is 0.478 e.